The van der Waals surface area contributed by atoms with Crippen LogP contribution in [0.15, 0.2) is 63.8 Å². The molecule has 0 fully saturated rings. The maximum Gasteiger partial charge on any atom is 0.259 e. The molecular formula is C21H11ClFN3O2. The number of furan rings is 1. The zero-order chi connectivity index (χ0) is 19.7. The number of nitrogens with zero attached hydrogens (tertiary/aromatic N) is 2. The fourth-order valence-electron chi connectivity index (χ4n) is 2.73. The van der Waals surface area contributed by atoms with E-state index in [-0.39, 0.29) is 17.2 Å². The molecule has 0 atom stereocenters. The third-order valence-corrected chi connectivity index (χ3v) is 4.32. The number of rotatable bonds is 3. The number of hydrogen-bond acceptors (Lipinski definition) is 4. The second-order valence-corrected chi connectivity index (χ2v) is 6.39. The first-order valence-electron chi connectivity index (χ1n) is 8.21. The lowest BCUT2D eigenvalue weighted by atomic mass is 10.2. The van der Waals surface area contributed by atoms with Crippen LogP contribution in [0.1, 0.15) is 11.6 Å². The molecule has 136 valence electrons. The number of allylic oxidation sites excluding steroid dienone is 1. The molecule has 0 radical (unpaired) electrons. The Morgan fingerprint density at radius 1 is 1.18 bits per heavy atom. The highest BCUT2D eigenvalue weighted by atomic mass is 35.5. The zero-order valence-corrected chi connectivity index (χ0v) is 15.0. The summed E-state index contributed by atoms with van der Waals surface area (Å²) in [7, 11) is 0. The van der Waals surface area contributed by atoms with E-state index in [2.05, 4.69) is 9.97 Å². The molecule has 1 N–H and O–H groups in total. The van der Waals surface area contributed by atoms with Crippen LogP contribution in [0.25, 0.3) is 33.9 Å². The van der Waals surface area contributed by atoms with Gasteiger partial charge in [-0.15, -0.1) is 0 Å². The van der Waals surface area contributed by atoms with Gasteiger partial charge in [-0.1, -0.05) is 11.6 Å². The van der Waals surface area contributed by atoms with Gasteiger partial charge in [0.2, 0.25) is 0 Å². The van der Waals surface area contributed by atoms with Gasteiger partial charge in [-0.2, -0.15) is 5.26 Å². The van der Waals surface area contributed by atoms with E-state index in [0.717, 1.165) is 0 Å². The predicted octanol–water partition coefficient (Wildman–Crippen LogP) is 5.04. The molecule has 2 heterocycles. The van der Waals surface area contributed by atoms with Crippen molar-refractivity contribution in [2.24, 2.45) is 0 Å². The summed E-state index contributed by atoms with van der Waals surface area (Å²) < 4.78 is 18.8. The van der Waals surface area contributed by atoms with Gasteiger partial charge in [0.05, 0.1) is 16.5 Å². The predicted molar refractivity (Wildman–Crippen MR) is 105 cm³/mol. The highest BCUT2D eigenvalue weighted by Crippen LogP contribution is 2.25. The van der Waals surface area contributed by atoms with E-state index in [9.17, 15) is 14.4 Å². The number of aromatic amines is 1. The first-order valence-corrected chi connectivity index (χ1v) is 8.59. The molecule has 4 aromatic rings. The van der Waals surface area contributed by atoms with Crippen LogP contribution in [0.3, 0.4) is 0 Å². The Morgan fingerprint density at radius 2 is 1.96 bits per heavy atom. The van der Waals surface area contributed by atoms with Crippen LogP contribution in [0, 0.1) is 17.1 Å². The average molecular weight is 392 g/mol. The number of hydrogen-bond donors (Lipinski definition) is 1. The summed E-state index contributed by atoms with van der Waals surface area (Å²) in [6.45, 7) is 0. The van der Waals surface area contributed by atoms with E-state index in [1.165, 1.54) is 24.3 Å². The zero-order valence-electron chi connectivity index (χ0n) is 14.2. The van der Waals surface area contributed by atoms with Crippen molar-refractivity contribution in [3.8, 4) is 17.4 Å². The van der Waals surface area contributed by atoms with Crippen LogP contribution >= 0.6 is 11.6 Å². The Bertz CT molecular complexity index is 1310. The lowest BCUT2D eigenvalue weighted by molar-refractivity contribution is 0.571. The maximum absolute atomic E-state index is 13.1. The van der Waals surface area contributed by atoms with E-state index < -0.39 is 5.56 Å². The van der Waals surface area contributed by atoms with Gasteiger partial charge in [-0.05, 0) is 54.6 Å². The van der Waals surface area contributed by atoms with Crippen molar-refractivity contribution in [3.63, 3.8) is 0 Å². The largest absolute Gasteiger partial charge is 0.457 e. The monoisotopic (exact) mass is 391 g/mol. The average Bonchev–Trinajstić information content (AvgIpc) is 3.15. The van der Waals surface area contributed by atoms with Crippen molar-refractivity contribution >= 4 is 34.2 Å². The molecule has 7 heteroatoms. The van der Waals surface area contributed by atoms with Gasteiger partial charge in [0.1, 0.15) is 23.4 Å². The van der Waals surface area contributed by atoms with E-state index >= 15 is 0 Å². The fraction of sp³-hybridized carbons (Fsp3) is 0. The number of nitriles is 1. The summed E-state index contributed by atoms with van der Waals surface area (Å²) in [4.78, 5) is 19.2. The Kier molecular flexibility index (Phi) is 4.52. The maximum atomic E-state index is 13.1. The van der Waals surface area contributed by atoms with Gasteiger partial charge in [-0.25, -0.2) is 9.37 Å². The molecule has 0 bridgehead atoms. The van der Waals surface area contributed by atoms with Crippen molar-refractivity contribution in [1.29, 1.82) is 5.26 Å². The molecular weight excluding hydrogens is 381 g/mol. The molecule has 2 aromatic heterocycles. The topological polar surface area (TPSA) is 82.7 Å². The summed E-state index contributed by atoms with van der Waals surface area (Å²) in [5.74, 6) is 0.713. The molecule has 0 saturated heterocycles. The molecule has 0 amide bonds. The number of halogens is 2. The van der Waals surface area contributed by atoms with Gasteiger partial charge < -0.3 is 9.40 Å². The van der Waals surface area contributed by atoms with Crippen LogP contribution in [-0.4, -0.2) is 9.97 Å². The standard InChI is InChI=1S/C21H11ClFN3O2/c22-14-3-7-18-17(10-14)21(27)26-20(25-18)13(11-24)9-16-6-8-19(28-16)12-1-4-15(23)5-2-12/h1-10H,(H,25,26,27). The van der Waals surface area contributed by atoms with E-state index in [0.29, 0.717) is 33.0 Å². The second-order valence-electron chi connectivity index (χ2n) is 5.95. The molecule has 0 saturated carbocycles. The Labute approximate surface area is 163 Å². The summed E-state index contributed by atoms with van der Waals surface area (Å²) >= 11 is 5.91. The van der Waals surface area contributed by atoms with Crippen LogP contribution in [0.5, 0.6) is 0 Å². The normalized spacial score (nSPS) is 11.5. The van der Waals surface area contributed by atoms with Crippen LogP contribution in [-0.2, 0) is 0 Å². The summed E-state index contributed by atoms with van der Waals surface area (Å²) in [6, 6.07) is 16.0. The van der Waals surface area contributed by atoms with Gasteiger partial charge in [-0.3, -0.25) is 4.79 Å². The molecule has 0 aliphatic carbocycles. The summed E-state index contributed by atoms with van der Waals surface area (Å²) in [5.41, 5.74) is 0.869. The van der Waals surface area contributed by atoms with Gasteiger partial charge in [0.15, 0.2) is 5.82 Å². The van der Waals surface area contributed by atoms with Crippen molar-refractivity contribution < 1.29 is 8.81 Å². The minimum atomic E-state index is -0.393. The van der Waals surface area contributed by atoms with Gasteiger partial charge in [0.25, 0.3) is 5.56 Å². The lowest BCUT2D eigenvalue weighted by Gasteiger charge is -2.02. The first kappa shape index (κ1) is 17.7. The molecule has 5 nitrogen and oxygen atoms in total. The van der Waals surface area contributed by atoms with E-state index in [1.807, 2.05) is 6.07 Å². The van der Waals surface area contributed by atoms with Crippen LogP contribution in [0.4, 0.5) is 4.39 Å². The first-order chi connectivity index (χ1) is 13.5. The minimum Gasteiger partial charge on any atom is -0.457 e. The minimum absolute atomic E-state index is 0.127. The van der Waals surface area contributed by atoms with E-state index in [1.54, 1.807) is 36.4 Å². The Hall–Kier alpha value is -3.69. The van der Waals surface area contributed by atoms with Gasteiger partial charge >= 0.3 is 0 Å². The highest BCUT2D eigenvalue weighted by molar-refractivity contribution is 6.31. The second kappa shape index (κ2) is 7.14. The third-order valence-electron chi connectivity index (χ3n) is 4.09. The van der Waals surface area contributed by atoms with Crippen molar-refractivity contribution in [2.75, 3.05) is 0 Å². The molecule has 2 aromatic carbocycles. The summed E-state index contributed by atoms with van der Waals surface area (Å²) in [5, 5.41) is 10.3. The SMILES string of the molecule is N#CC(=Cc1ccc(-c2ccc(F)cc2)o1)c1nc2ccc(Cl)cc2c(=O)[nH]1. The molecule has 0 aliphatic rings. The Morgan fingerprint density at radius 3 is 2.71 bits per heavy atom. The van der Waals surface area contributed by atoms with Crippen molar-refractivity contribution in [2.45, 2.75) is 0 Å². The molecule has 0 spiro atoms. The number of benzene rings is 2. The fourth-order valence-corrected chi connectivity index (χ4v) is 2.91. The molecule has 4 rings (SSSR count). The van der Waals surface area contributed by atoms with E-state index in [4.69, 9.17) is 16.0 Å². The smallest absolute Gasteiger partial charge is 0.259 e. The van der Waals surface area contributed by atoms with Gasteiger partial charge in [0, 0.05) is 16.7 Å². The molecule has 0 aliphatic heterocycles. The number of nitrogens with one attached hydrogen (secondary N) is 1. The van der Waals surface area contributed by atoms with Crippen LogP contribution < -0.4 is 5.56 Å². The summed E-state index contributed by atoms with van der Waals surface area (Å²) in [6.07, 6.45) is 1.48. The molecule has 28 heavy (non-hydrogen) atoms. The van der Waals surface area contributed by atoms with Crippen molar-refractivity contribution in [3.05, 3.63) is 87.4 Å². The number of aromatic nitrogens is 2. The van der Waals surface area contributed by atoms with Crippen LogP contribution in [0.2, 0.25) is 5.02 Å². The number of H-pyrrole nitrogens is 1. The quantitative estimate of drug-likeness (QED) is 0.496. The van der Waals surface area contributed by atoms with Crippen molar-refractivity contribution in [1.82, 2.24) is 9.97 Å². The lowest BCUT2D eigenvalue weighted by Crippen LogP contribution is -2.11. The molecule has 0 unspecified atom stereocenters. The highest BCUT2D eigenvalue weighted by Gasteiger charge is 2.11. The third kappa shape index (κ3) is 3.43. The number of fused-ring (bicyclic) bond motifs is 1. The Balaban J connectivity index is 1.73.